The quantitative estimate of drug-likeness (QED) is 0.721. The van der Waals surface area contributed by atoms with Crippen LogP contribution >= 0.6 is 11.6 Å². The Balaban J connectivity index is 2.61. The number of unbranched alkanes of at least 4 members (excludes halogenated alkanes) is 2. The molecule has 0 aliphatic rings. The average molecular weight is 255 g/mol. The molecule has 17 heavy (non-hydrogen) atoms. The molecule has 0 aliphatic heterocycles. The topological polar surface area (TPSA) is 38.0 Å². The number of benzene rings is 1. The minimum absolute atomic E-state index is 0.0418. The number of nitrogens with two attached hydrogens (primary N) is 1. The third kappa shape index (κ3) is 4.97. The van der Waals surface area contributed by atoms with Crippen LogP contribution < -0.4 is 11.1 Å². The Morgan fingerprint density at radius 1 is 1.35 bits per heavy atom. The molecule has 1 unspecified atom stereocenters. The molecule has 2 nitrogen and oxygen atoms in total. The maximum absolute atomic E-state index is 5.97. The lowest BCUT2D eigenvalue weighted by molar-refractivity contribution is 0.455. The second-order valence-corrected chi connectivity index (χ2v) is 5.29. The van der Waals surface area contributed by atoms with Gasteiger partial charge in [0.25, 0.3) is 0 Å². The lowest BCUT2D eigenvalue weighted by atomic mass is 9.94. The van der Waals surface area contributed by atoms with Crippen molar-refractivity contribution in [1.29, 1.82) is 0 Å². The SMILES string of the molecule is CCCCCC(C)(CN)Nc1cccc(Cl)c1. The van der Waals surface area contributed by atoms with Gasteiger partial charge in [0.05, 0.1) is 0 Å². The summed E-state index contributed by atoms with van der Waals surface area (Å²) in [6.07, 6.45) is 4.78. The summed E-state index contributed by atoms with van der Waals surface area (Å²) in [7, 11) is 0. The number of anilines is 1. The highest BCUT2D eigenvalue weighted by atomic mass is 35.5. The zero-order chi connectivity index (χ0) is 12.7. The van der Waals surface area contributed by atoms with Gasteiger partial charge in [0.15, 0.2) is 0 Å². The van der Waals surface area contributed by atoms with Gasteiger partial charge >= 0.3 is 0 Å². The Morgan fingerprint density at radius 3 is 2.71 bits per heavy atom. The Labute approximate surface area is 110 Å². The van der Waals surface area contributed by atoms with Gasteiger partial charge in [-0.25, -0.2) is 0 Å². The summed E-state index contributed by atoms with van der Waals surface area (Å²) < 4.78 is 0. The maximum Gasteiger partial charge on any atom is 0.0467 e. The summed E-state index contributed by atoms with van der Waals surface area (Å²) in [5, 5.41) is 4.25. The predicted octanol–water partition coefficient (Wildman–Crippen LogP) is 4.05. The molecular formula is C14H23ClN2. The van der Waals surface area contributed by atoms with E-state index in [1.165, 1.54) is 19.3 Å². The van der Waals surface area contributed by atoms with Crippen molar-refractivity contribution in [2.75, 3.05) is 11.9 Å². The monoisotopic (exact) mass is 254 g/mol. The van der Waals surface area contributed by atoms with Gasteiger partial charge < -0.3 is 11.1 Å². The van der Waals surface area contributed by atoms with Gasteiger partial charge in [0.2, 0.25) is 0 Å². The van der Waals surface area contributed by atoms with Crippen LogP contribution in [0.25, 0.3) is 0 Å². The molecule has 0 saturated carbocycles. The van der Waals surface area contributed by atoms with Crippen LogP contribution in [-0.4, -0.2) is 12.1 Å². The van der Waals surface area contributed by atoms with Crippen LogP contribution in [0.3, 0.4) is 0 Å². The first kappa shape index (κ1) is 14.3. The molecule has 0 fully saturated rings. The largest absolute Gasteiger partial charge is 0.379 e. The number of hydrogen-bond donors (Lipinski definition) is 2. The number of hydrogen-bond acceptors (Lipinski definition) is 2. The highest BCUT2D eigenvalue weighted by Crippen LogP contribution is 2.22. The van der Waals surface area contributed by atoms with Crippen molar-refractivity contribution in [3.8, 4) is 0 Å². The minimum Gasteiger partial charge on any atom is -0.379 e. The first-order valence-electron chi connectivity index (χ1n) is 6.33. The molecular weight excluding hydrogens is 232 g/mol. The molecule has 0 aromatic heterocycles. The molecule has 96 valence electrons. The van der Waals surface area contributed by atoms with Gasteiger partial charge in [-0.15, -0.1) is 0 Å². The average Bonchev–Trinajstić information content (AvgIpc) is 2.29. The molecule has 0 spiro atoms. The first-order valence-corrected chi connectivity index (χ1v) is 6.71. The lowest BCUT2D eigenvalue weighted by Gasteiger charge is -2.31. The second-order valence-electron chi connectivity index (χ2n) is 4.86. The van der Waals surface area contributed by atoms with Gasteiger partial charge in [0.1, 0.15) is 0 Å². The summed E-state index contributed by atoms with van der Waals surface area (Å²) in [6.45, 7) is 5.01. The minimum atomic E-state index is -0.0418. The van der Waals surface area contributed by atoms with Gasteiger partial charge in [-0.2, -0.15) is 0 Å². The van der Waals surface area contributed by atoms with Gasteiger partial charge in [-0.05, 0) is 31.5 Å². The van der Waals surface area contributed by atoms with E-state index in [1.54, 1.807) is 0 Å². The van der Waals surface area contributed by atoms with Crippen molar-refractivity contribution >= 4 is 17.3 Å². The lowest BCUT2D eigenvalue weighted by Crippen LogP contribution is -2.42. The fourth-order valence-electron chi connectivity index (χ4n) is 1.90. The summed E-state index contributed by atoms with van der Waals surface area (Å²) in [5.41, 5.74) is 6.88. The summed E-state index contributed by atoms with van der Waals surface area (Å²) >= 11 is 5.97. The van der Waals surface area contributed by atoms with E-state index in [9.17, 15) is 0 Å². The number of rotatable bonds is 7. The molecule has 1 aromatic rings. The zero-order valence-corrected chi connectivity index (χ0v) is 11.6. The van der Waals surface area contributed by atoms with E-state index < -0.39 is 0 Å². The zero-order valence-electron chi connectivity index (χ0n) is 10.8. The Kier molecular flexibility index (Phi) is 5.79. The van der Waals surface area contributed by atoms with Crippen molar-refractivity contribution in [2.24, 2.45) is 5.73 Å². The molecule has 0 amide bonds. The van der Waals surface area contributed by atoms with E-state index in [-0.39, 0.29) is 5.54 Å². The van der Waals surface area contributed by atoms with Gasteiger partial charge in [0, 0.05) is 22.8 Å². The van der Waals surface area contributed by atoms with E-state index >= 15 is 0 Å². The fourth-order valence-corrected chi connectivity index (χ4v) is 2.09. The summed E-state index contributed by atoms with van der Waals surface area (Å²) in [5.74, 6) is 0. The van der Waals surface area contributed by atoms with Crippen molar-refractivity contribution in [3.05, 3.63) is 29.3 Å². The van der Waals surface area contributed by atoms with Gasteiger partial charge in [-0.3, -0.25) is 0 Å². The molecule has 1 rings (SSSR count). The van der Waals surface area contributed by atoms with Crippen LogP contribution in [0.2, 0.25) is 5.02 Å². The van der Waals surface area contributed by atoms with Crippen LogP contribution in [0, 0.1) is 0 Å². The van der Waals surface area contributed by atoms with E-state index in [2.05, 4.69) is 19.2 Å². The second kappa shape index (κ2) is 6.87. The van der Waals surface area contributed by atoms with E-state index in [4.69, 9.17) is 17.3 Å². The molecule has 0 saturated heterocycles. The molecule has 0 bridgehead atoms. The fraction of sp³-hybridized carbons (Fsp3) is 0.571. The first-order chi connectivity index (χ1) is 8.09. The molecule has 0 heterocycles. The van der Waals surface area contributed by atoms with Gasteiger partial charge in [-0.1, -0.05) is 43.9 Å². The Hall–Kier alpha value is -0.730. The highest BCUT2D eigenvalue weighted by molar-refractivity contribution is 6.30. The number of halogens is 1. The van der Waals surface area contributed by atoms with Crippen LogP contribution in [0.15, 0.2) is 24.3 Å². The van der Waals surface area contributed by atoms with Crippen molar-refractivity contribution < 1.29 is 0 Å². The molecule has 0 radical (unpaired) electrons. The molecule has 3 N–H and O–H groups in total. The third-order valence-electron chi connectivity index (χ3n) is 3.05. The van der Waals surface area contributed by atoms with Crippen molar-refractivity contribution in [3.63, 3.8) is 0 Å². The van der Waals surface area contributed by atoms with Crippen LogP contribution in [0.1, 0.15) is 39.5 Å². The number of nitrogens with one attached hydrogen (secondary N) is 1. The third-order valence-corrected chi connectivity index (χ3v) is 3.29. The van der Waals surface area contributed by atoms with E-state index in [1.807, 2.05) is 24.3 Å². The summed E-state index contributed by atoms with van der Waals surface area (Å²) in [6, 6.07) is 7.80. The van der Waals surface area contributed by atoms with Crippen LogP contribution in [0.5, 0.6) is 0 Å². The smallest absolute Gasteiger partial charge is 0.0467 e. The molecule has 1 aromatic carbocycles. The highest BCUT2D eigenvalue weighted by Gasteiger charge is 2.21. The van der Waals surface area contributed by atoms with E-state index in [0.29, 0.717) is 6.54 Å². The molecule has 3 heteroatoms. The Morgan fingerprint density at radius 2 is 2.12 bits per heavy atom. The van der Waals surface area contributed by atoms with E-state index in [0.717, 1.165) is 17.1 Å². The normalized spacial score (nSPS) is 14.4. The van der Waals surface area contributed by atoms with Crippen LogP contribution in [0.4, 0.5) is 5.69 Å². The standard InChI is InChI=1S/C14H23ClN2/c1-3-4-5-9-14(2,11-16)17-13-8-6-7-12(15)10-13/h6-8,10,17H,3-5,9,11,16H2,1-2H3. The van der Waals surface area contributed by atoms with Crippen molar-refractivity contribution in [1.82, 2.24) is 0 Å². The molecule has 1 atom stereocenters. The Bertz CT molecular complexity index is 341. The maximum atomic E-state index is 5.97. The molecule has 0 aliphatic carbocycles. The predicted molar refractivity (Wildman–Crippen MR) is 76.7 cm³/mol. The summed E-state index contributed by atoms with van der Waals surface area (Å²) in [4.78, 5) is 0. The van der Waals surface area contributed by atoms with Crippen LogP contribution in [-0.2, 0) is 0 Å². The van der Waals surface area contributed by atoms with Crippen molar-refractivity contribution in [2.45, 2.75) is 45.1 Å².